The summed E-state index contributed by atoms with van der Waals surface area (Å²) in [6.07, 6.45) is 1.33. The van der Waals surface area contributed by atoms with E-state index in [0.29, 0.717) is 5.69 Å². The number of aliphatic hydroxyl groups is 1. The zero-order valence-electron chi connectivity index (χ0n) is 9.91. The number of ether oxygens (including phenoxy) is 1. The fourth-order valence-corrected chi connectivity index (χ4v) is 2.75. The zero-order valence-corrected chi connectivity index (χ0v) is 10.8. The predicted molar refractivity (Wildman–Crippen MR) is 62.1 cm³/mol. The van der Waals surface area contributed by atoms with E-state index in [0.717, 1.165) is 6.66 Å². The summed E-state index contributed by atoms with van der Waals surface area (Å²) < 4.78 is 16.6. The van der Waals surface area contributed by atoms with Crippen molar-refractivity contribution >= 4 is 7.37 Å². The summed E-state index contributed by atoms with van der Waals surface area (Å²) in [5, 5.41) is 19.0. The maximum atomic E-state index is 11.7. The van der Waals surface area contributed by atoms with Gasteiger partial charge in [-0.3, -0.25) is 9.55 Å². The van der Waals surface area contributed by atoms with Crippen LogP contribution < -0.4 is 0 Å². The summed E-state index contributed by atoms with van der Waals surface area (Å²) in [6.45, 7) is 2.27. The highest BCUT2D eigenvalue weighted by atomic mass is 31.2. The van der Waals surface area contributed by atoms with Crippen LogP contribution in [0.5, 0.6) is 5.75 Å². The van der Waals surface area contributed by atoms with Crippen molar-refractivity contribution in [3.05, 3.63) is 23.0 Å². The highest BCUT2D eigenvalue weighted by Crippen LogP contribution is 2.53. The summed E-state index contributed by atoms with van der Waals surface area (Å²) in [6, 6.07) is 0. The molecule has 7 heteroatoms. The van der Waals surface area contributed by atoms with Crippen molar-refractivity contribution in [2.24, 2.45) is 0 Å². The molecule has 0 aliphatic heterocycles. The Morgan fingerprint density at radius 2 is 2.18 bits per heavy atom. The Hall–Kier alpha value is -0.940. The highest BCUT2D eigenvalue weighted by molar-refractivity contribution is 7.57. The Kier molecular flexibility index (Phi) is 4.27. The Bertz CT molecular complexity index is 456. The summed E-state index contributed by atoms with van der Waals surface area (Å²) in [5.41, 5.74) is 0.739. The van der Waals surface area contributed by atoms with E-state index in [9.17, 15) is 19.7 Å². The van der Waals surface area contributed by atoms with E-state index in [1.807, 2.05) is 0 Å². The average Bonchev–Trinajstić information content (AvgIpc) is 2.22. The number of hydrogen-bond acceptors (Lipinski definition) is 5. The first kappa shape index (κ1) is 14.1. The quantitative estimate of drug-likeness (QED) is 0.702. The second-order valence-electron chi connectivity index (χ2n) is 3.82. The van der Waals surface area contributed by atoms with E-state index in [2.05, 4.69) is 4.98 Å². The molecule has 6 nitrogen and oxygen atoms in total. The Morgan fingerprint density at radius 3 is 2.59 bits per heavy atom. The van der Waals surface area contributed by atoms with Crippen molar-refractivity contribution in [3.8, 4) is 5.75 Å². The summed E-state index contributed by atoms with van der Waals surface area (Å²) in [4.78, 5) is 13.4. The van der Waals surface area contributed by atoms with Gasteiger partial charge in [0.15, 0.2) is 5.85 Å². The van der Waals surface area contributed by atoms with Crippen LogP contribution in [0.1, 0.15) is 22.7 Å². The predicted octanol–water partition coefficient (Wildman–Crippen LogP) is 1.13. The van der Waals surface area contributed by atoms with Crippen LogP contribution >= 0.6 is 7.37 Å². The number of aromatic hydroxyl groups is 1. The van der Waals surface area contributed by atoms with Crippen LogP contribution in [0.3, 0.4) is 0 Å². The van der Waals surface area contributed by atoms with Crippen LogP contribution in [-0.4, -0.2) is 33.9 Å². The lowest BCUT2D eigenvalue weighted by Crippen LogP contribution is -2.07. The molecule has 2 unspecified atom stereocenters. The minimum atomic E-state index is -3.56. The fraction of sp³-hybridized carbons (Fsp3) is 0.500. The molecular weight excluding hydrogens is 245 g/mol. The van der Waals surface area contributed by atoms with Crippen LogP contribution in [0.4, 0.5) is 0 Å². The van der Waals surface area contributed by atoms with Crippen molar-refractivity contribution in [1.82, 2.24) is 4.98 Å². The molecule has 1 aromatic heterocycles. The lowest BCUT2D eigenvalue weighted by atomic mass is 10.1. The van der Waals surface area contributed by atoms with Gasteiger partial charge in [-0.15, -0.1) is 0 Å². The van der Waals surface area contributed by atoms with Gasteiger partial charge in [0, 0.05) is 31.1 Å². The number of pyridine rings is 1. The van der Waals surface area contributed by atoms with Crippen molar-refractivity contribution in [1.29, 1.82) is 0 Å². The van der Waals surface area contributed by atoms with Crippen LogP contribution in [0, 0.1) is 6.92 Å². The zero-order chi connectivity index (χ0) is 13.2. The van der Waals surface area contributed by atoms with Gasteiger partial charge in [0.1, 0.15) is 5.75 Å². The molecule has 0 aromatic carbocycles. The van der Waals surface area contributed by atoms with Crippen molar-refractivity contribution in [2.75, 3.05) is 13.8 Å². The molecule has 0 spiro atoms. The van der Waals surface area contributed by atoms with Crippen LogP contribution in [-0.2, 0) is 15.9 Å². The monoisotopic (exact) mass is 261 g/mol. The molecule has 0 saturated carbocycles. The van der Waals surface area contributed by atoms with Gasteiger partial charge in [-0.2, -0.15) is 0 Å². The van der Waals surface area contributed by atoms with Crippen molar-refractivity contribution in [2.45, 2.75) is 19.4 Å². The van der Waals surface area contributed by atoms with E-state index >= 15 is 0 Å². The van der Waals surface area contributed by atoms with Gasteiger partial charge in [-0.1, -0.05) is 0 Å². The van der Waals surface area contributed by atoms with Crippen molar-refractivity contribution < 1.29 is 24.4 Å². The van der Waals surface area contributed by atoms with E-state index in [1.54, 1.807) is 6.92 Å². The molecule has 0 aliphatic rings. The Balaban J connectivity index is 3.40. The second kappa shape index (κ2) is 5.14. The first-order chi connectivity index (χ1) is 7.82. The minimum absolute atomic E-state index is 0.167. The van der Waals surface area contributed by atoms with Crippen LogP contribution in [0.15, 0.2) is 6.20 Å². The van der Waals surface area contributed by atoms with Crippen molar-refractivity contribution in [3.63, 3.8) is 0 Å². The molecule has 1 heterocycles. The molecule has 0 amide bonds. The molecule has 1 rings (SSSR count). The number of methoxy groups -OCH3 is 1. The number of nitrogens with zero attached hydrogens (tertiary/aromatic N) is 1. The lowest BCUT2D eigenvalue weighted by Gasteiger charge is -2.21. The molecule has 96 valence electrons. The van der Waals surface area contributed by atoms with Crippen LogP contribution in [0.2, 0.25) is 0 Å². The first-order valence-corrected chi connectivity index (χ1v) is 7.11. The number of aryl methyl sites for hydroxylation is 1. The molecule has 2 atom stereocenters. The summed E-state index contributed by atoms with van der Waals surface area (Å²) >= 11 is 0. The first-order valence-electron chi connectivity index (χ1n) is 4.93. The van der Waals surface area contributed by atoms with Gasteiger partial charge in [-0.05, 0) is 6.92 Å². The van der Waals surface area contributed by atoms with Gasteiger partial charge >= 0.3 is 0 Å². The van der Waals surface area contributed by atoms with E-state index in [-0.39, 0.29) is 16.9 Å². The number of aromatic nitrogens is 1. The summed E-state index contributed by atoms with van der Waals surface area (Å²) in [5.74, 6) is -1.29. The molecule has 1 aromatic rings. The average molecular weight is 261 g/mol. The van der Waals surface area contributed by atoms with E-state index in [4.69, 9.17) is 4.74 Å². The van der Waals surface area contributed by atoms with Gasteiger partial charge in [0.05, 0.1) is 12.3 Å². The van der Waals surface area contributed by atoms with Gasteiger partial charge in [0.25, 0.3) is 0 Å². The maximum absolute atomic E-state index is 11.7. The van der Waals surface area contributed by atoms with Gasteiger partial charge in [-0.25, -0.2) is 0 Å². The molecule has 0 saturated heterocycles. The molecular formula is C10H16NO5P. The molecule has 3 N–H and O–H groups in total. The normalized spacial score (nSPS) is 16.5. The molecule has 0 radical (unpaired) electrons. The number of hydrogen-bond donors (Lipinski definition) is 3. The largest absolute Gasteiger partial charge is 0.506 e. The molecule has 0 bridgehead atoms. The third kappa shape index (κ3) is 2.84. The number of aliphatic hydroxyl groups excluding tert-OH is 1. The second-order valence-corrected chi connectivity index (χ2v) is 6.17. The topological polar surface area (TPSA) is 99.9 Å². The maximum Gasteiger partial charge on any atom is 0.230 e. The molecule has 17 heavy (non-hydrogen) atoms. The third-order valence-corrected chi connectivity index (χ3v) is 3.82. The van der Waals surface area contributed by atoms with Crippen LogP contribution in [0.25, 0.3) is 0 Å². The lowest BCUT2D eigenvalue weighted by molar-refractivity contribution is 0.151. The third-order valence-electron chi connectivity index (χ3n) is 2.46. The fourth-order valence-electron chi connectivity index (χ4n) is 1.62. The van der Waals surface area contributed by atoms with E-state index < -0.39 is 19.8 Å². The Morgan fingerprint density at radius 1 is 1.59 bits per heavy atom. The SMILES string of the molecule is COC(c1cnc(C)c(O)c1CO)P(C)(=O)O. The highest BCUT2D eigenvalue weighted by Gasteiger charge is 2.31. The molecule has 0 fully saturated rings. The van der Waals surface area contributed by atoms with Gasteiger partial charge < -0.3 is 19.8 Å². The standard InChI is InChI=1S/C10H16NO5P/c1-6-9(13)8(5-12)7(4-11-6)10(16-2)17(3,14)15/h4,10,12-13H,5H2,1-3H3,(H,14,15). The molecule has 0 aliphatic carbocycles. The minimum Gasteiger partial charge on any atom is -0.506 e. The number of rotatable bonds is 4. The summed E-state index contributed by atoms with van der Waals surface area (Å²) in [7, 11) is -2.27. The van der Waals surface area contributed by atoms with E-state index in [1.165, 1.54) is 13.3 Å². The Labute approximate surface area is 99.3 Å². The van der Waals surface area contributed by atoms with Gasteiger partial charge in [0.2, 0.25) is 7.37 Å². The smallest absolute Gasteiger partial charge is 0.230 e.